The van der Waals surface area contributed by atoms with Crippen molar-refractivity contribution >= 4 is 19.1 Å². The maximum atomic E-state index is 10.0. The van der Waals surface area contributed by atoms with Crippen LogP contribution in [0.4, 0.5) is 4.79 Å². The van der Waals surface area contributed by atoms with E-state index >= 15 is 0 Å². The monoisotopic (exact) mass is 137 g/mol. The molecule has 0 rings (SSSR count). The Kier molecular flexibility index (Phi) is 3.38. The van der Waals surface area contributed by atoms with Crippen LogP contribution in [0.5, 0.6) is 0 Å². The van der Waals surface area contributed by atoms with Crippen LogP contribution < -0.4 is 5.73 Å². The van der Waals surface area contributed by atoms with Gasteiger partial charge in [0.25, 0.3) is 0 Å². The van der Waals surface area contributed by atoms with Gasteiger partial charge >= 0.3 is 6.16 Å². The Morgan fingerprint density at radius 3 is 2.50 bits per heavy atom. The largest absolute Gasteiger partial charge is 0.522 e. The lowest BCUT2D eigenvalue weighted by molar-refractivity contribution is 0.0752. The van der Waals surface area contributed by atoms with Crippen LogP contribution in [-0.4, -0.2) is 12.4 Å². The Morgan fingerprint density at radius 1 is 1.88 bits per heavy atom. The molecule has 0 aromatic heterocycles. The lowest BCUT2D eigenvalue weighted by Crippen LogP contribution is -2.22. The van der Waals surface area contributed by atoms with Crippen LogP contribution in [-0.2, 0) is 8.92 Å². The fraction of sp³-hybridized carbons (Fsp3) is 0.667. The third kappa shape index (κ3) is 3.76. The predicted molar refractivity (Wildman–Crippen MR) is 30.2 cm³/mol. The van der Waals surface area contributed by atoms with Crippen LogP contribution in [0, 0.1) is 0 Å². The maximum absolute atomic E-state index is 10.0. The molecule has 0 radical (unpaired) electrons. The number of carbonyl (C=O) groups excluding carboxylic acids is 1. The summed E-state index contributed by atoms with van der Waals surface area (Å²) in [6, 6.07) is 0. The van der Waals surface area contributed by atoms with Gasteiger partial charge in [0, 0.05) is 12.9 Å². The zero-order valence-electron chi connectivity index (χ0n) is 4.33. The molecule has 1 unspecified atom stereocenters. The van der Waals surface area contributed by atoms with E-state index in [1.54, 1.807) is 0 Å². The normalized spacial score (nSPS) is 12.4. The summed E-state index contributed by atoms with van der Waals surface area (Å²) >= 11 is 3.16. The van der Waals surface area contributed by atoms with Crippen LogP contribution in [0.2, 0.25) is 0 Å². The molecule has 0 aromatic rings. The zero-order chi connectivity index (χ0) is 6.57. The first-order valence-corrected chi connectivity index (χ1v) is 2.31. The van der Waals surface area contributed by atoms with Crippen molar-refractivity contribution in [3.8, 4) is 0 Å². The first-order valence-electron chi connectivity index (χ1n) is 1.94. The highest BCUT2D eigenvalue weighted by Crippen LogP contribution is 1.88. The molecule has 0 spiro atoms. The quantitative estimate of drug-likeness (QED) is 0.236. The molecule has 0 fully saturated rings. The van der Waals surface area contributed by atoms with Crippen molar-refractivity contribution in [3.05, 3.63) is 0 Å². The summed E-state index contributed by atoms with van der Waals surface area (Å²) in [5.74, 6) is 0. The first kappa shape index (κ1) is 7.58. The Balaban J connectivity index is 3.25. The molecule has 0 saturated carbocycles. The van der Waals surface area contributed by atoms with E-state index in [-0.39, 0.29) is 0 Å². The smallest absolute Gasteiger partial charge is 0.415 e. The average Bonchev–Trinajstić information content (AvgIpc) is 1.65. The fourth-order valence-corrected chi connectivity index (χ4v) is 0.216. The number of thiol groups is 1. The van der Waals surface area contributed by atoms with Crippen molar-refractivity contribution < 1.29 is 13.7 Å². The van der Waals surface area contributed by atoms with E-state index in [1.807, 2.05) is 0 Å². The van der Waals surface area contributed by atoms with Crippen molar-refractivity contribution in [2.75, 3.05) is 0 Å². The van der Waals surface area contributed by atoms with Gasteiger partial charge in [-0.15, -0.1) is 0 Å². The molecule has 48 valence electrons. The molecule has 1 atom stereocenters. The fourth-order valence-electron chi connectivity index (χ4n) is 0.173. The van der Waals surface area contributed by atoms with Gasteiger partial charge in [0.1, 0.15) is 0 Å². The van der Waals surface area contributed by atoms with Crippen molar-refractivity contribution in [2.24, 2.45) is 5.73 Å². The molecular formula is C3H7NO3S. The van der Waals surface area contributed by atoms with Crippen LogP contribution in [0.1, 0.15) is 6.92 Å². The molecule has 0 aliphatic heterocycles. The summed E-state index contributed by atoms with van der Waals surface area (Å²) in [4.78, 5) is 10.0. The molecule has 5 heteroatoms. The molecule has 0 amide bonds. The van der Waals surface area contributed by atoms with E-state index in [4.69, 9.17) is 5.73 Å². The molecule has 8 heavy (non-hydrogen) atoms. The number of carbonyl (C=O) groups is 1. The van der Waals surface area contributed by atoms with Gasteiger partial charge in [0.05, 0.1) is 0 Å². The Bertz CT molecular complexity index is 84.6. The molecule has 0 aromatic carbocycles. The number of hydrogen-bond donors (Lipinski definition) is 2. The summed E-state index contributed by atoms with van der Waals surface area (Å²) in [7, 11) is 0. The van der Waals surface area contributed by atoms with Crippen molar-refractivity contribution in [3.63, 3.8) is 0 Å². The average molecular weight is 137 g/mol. The van der Waals surface area contributed by atoms with Gasteiger partial charge in [-0.3, -0.25) is 5.73 Å². The van der Waals surface area contributed by atoms with E-state index in [2.05, 4.69) is 21.8 Å². The lowest BCUT2D eigenvalue weighted by Gasteiger charge is -2.02. The number of nitrogens with two attached hydrogens (primary N) is 1. The topological polar surface area (TPSA) is 61.5 Å². The van der Waals surface area contributed by atoms with Crippen LogP contribution in [0.3, 0.4) is 0 Å². The van der Waals surface area contributed by atoms with Crippen molar-refractivity contribution in [2.45, 2.75) is 13.2 Å². The van der Waals surface area contributed by atoms with Gasteiger partial charge in [0.15, 0.2) is 6.23 Å². The summed E-state index contributed by atoms with van der Waals surface area (Å²) < 4.78 is 8.05. The summed E-state index contributed by atoms with van der Waals surface area (Å²) in [5.41, 5.74) is 5.01. The van der Waals surface area contributed by atoms with Gasteiger partial charge in [0.2, 0.25) is 0 Å². The SMILES string of the molecule is CC(N)OC(=O)OS. The highest BCUT2D eigenvalue weighted by atomic mass is 32.1. The molecule has 2 N–H and O–H groups in total. The van der Waals surface area contributed by atoms with Crippen LogP contribution >= 0.6 is 12.9 Å². The summed E-state index contributed by atoms with van der Waals surface area (Å²) in [6.45, 7) is 1.50. The van der Waals surface area contributed by atoms with E-state index in [0.717, 1.165) is 0 Å². The van der Waals surface area contributed by atoms with E-state index in [0.29, 0.717) is 0 Å². The number of rotatable bonds is 1. The van der Waals surface area contributed by atoms with E-state index in [9.17, 15) is 4.79 Å². The third-order valence-corrected chi connectivity index (χ3v) is 0.506. The molecule has 0 heterocycles. The van der Waals surface area contributed by atoms with Crippen LogP contribution in [0.15, 0.2) is 0 Å². The highest BCUT2D eigenvalue weighted by Gasteiger charge is 2.02. The second-order valence-electron chi connectivity index (χ2n) is 1.16. The Morgan fingerprint density at radius 2 is 2.38 bits per heavy atom. The minimum atomic E-state index is -0.886. The Labute approximate surface area is 52.6 Å². The summed E-state index contributed by atoms with van der Waals surface area (Å²) in [5, 5.41) is 0. The maximum Gasteiger partial charge on any atom is 0.522 e. The van der Waals surface area contributed by atoms with Gasteiger partial charge in [-0.05, 0) is 6.92 Å². The second kappa shape index (κ2) is 3.57. The highest BCUT2D eigenvalue weighted by molar-refractivity contribution is 7.75. The predicted octanol–water partition coefficient (Wildman–Crippen LogP) is 0.289. The molecule has 0 aliphatic rings. The van der Waals surface area contributed by atoms with Crippen molar-refractivity contribution in [1.82, 2.24) is 0 Å². The number of ether oxygens (including phenoxy) is 1. The first-order chi connectivity index (χ1) is 3.66. The minimum absolute atomic E-state index is 0.644. The Hall–Kier alpha value is -0.420. The number of hydrogen-bond acceptors (Lipinski definition) is 5. The minimum Gasteiger partial charge on any atom is -0.415 e. The molecular weight excluding hydrogens is 130 g/mol. The van der Waals surface area contributed by atoms with Gasteiger partial charge in [-0.25, -0.2) is 4.79 Å². The zero-order valence-corrected chi connectivity index (χ0v) is 5.22. The van der Waals surface area contributed by atoms with E-state index < -0.39 is 12.4 Å². The molecule has 4 nitrogen and oxygen atoms in total. The molecule has 0 saturated heterocycles. The van der Waals surface area contributed by atoms with E-state index in [1.165, 1.54) is 6.92 Å². The lowest BCUT2D eigenvalue weighted by atomic mass is 10.7. The standard InChI is InChI=1S/C3H7NO3S/c1-2(4)6-3(5)7-8/h2,8H,4H2,1H3. The summed E-state index contributed by atoms with van der Waals surface area (Å²) in [6.07, 6.45) is -1.53. The van der Waals surface area contributed by atoms with Gasteiger partial charge in [-0.1, -0.05) is 0 Å². The van der Waals surface area contributed by atoms with Gasteiger partial charge in [-0.2, -0.15) is 0 Å². The van der Waals surface area contributed by atoms with Gasteiger partial charge < -0.3 is 8.92 Å². The van der Waals surface area contributed by atoms with Crippen molar-refractivity contribution in [1.29, 1.82) is 0 Å². The molecule has 0 bridgehead atoms. The molecule has 0 aliphatic carbocycles. The third-order valence-electron chi connectivity index (χ3n) is 0.357. The van der Waals surface area contributed by atoms with Crippen LogP contribution in [0.25, 0.3) is 0 Å². The second-order valence-corrected chi connectivity index (χ2v) is 1.35.